The number of rotatable bonds is 2. The Labute approximate surface area is 167 Å². The molecule has 1 aliphatic heterocycles. The Morgan fingerprint density at radius 3 is 2.66 bits per heavy atom. The molecule has 0 aliphatic carbocycles. The van der Waals surface area contributed by atoms with Crippen molar-refractivity contribution in [3.63, 3.8) is 0 Å². The van der Waals surface area contributed by atoms with Gasteiger partial charge in [-0.1, -0.05) is 17.7 Å². The number of fused-ring (bicyclic) bond motifs is 1. The summed E-state index contributed by atoms with van der Waals surface area (Å²) in [6.07, 6.45) is -3.22. The molecule has 1 amide bonds. The average molecular weight is 424 g/mol. The molecule has 4 rings (SSSR count). The summed E-state index contributed by atoms with van der Waals surface area (Å²) < 4.78 is 40.9. The van der Waals surface area contributed by atoms with Crippen LogP contribution in [0.4, 0.5) is 13.2 Å². The third-order valence-electron chi connectivity index (χ3n) is 4.60. The number of hydrogen-bond donors (Lipinski definition) is 1. The van der Waals surface area contributed by atoms with Gasteiger partial charge in [0.05, 0.1) is 28.3 Å². The van der Waals surface area contributed by atoms with Gasteiger partial charge in [0, 0.05) is 19.3 Å². The van der Waals surface area contributed by atoms with Gasteiger partial charge in [0.15, 0.2) is 11.6 Å². The van der Waals surface area contributed by atoms with Crippen LogP contribution in [-0.4, -0.2) is 42.2 Å². The summed E-state index contributed by atoms with van der Waals surface area (Å²) >= 11 is 5.87. The number of aromatic nitrogens is 4. The van der Waals surface area contributed by atoms with Gasteiger partial charge in [-0.15, -0.1) is 10.2 Å². The molecule has 2 aromatic heterocycles. The van der Waals surface area contributed by atoms with Gasteiger partial charge < -0.3 is 14.6 Å². The first-order valence-electron chi connectivity index (χ1n) is 8.49. The monoisotopic (exact) mass is 423 g/mol. The first-order chi connectivity index (χ1) is 13.8. The van der Waals surface area contributed by atoms with Crippen LogP contribution < -0.4 is 0 Å². The molecule has 150 valence electrons. The number of hydrogen-bond acceptors (Lipinski definition) is 5. The van der Waals surface area contributed by atoms with E-state index >= 15 is 0 Å². The van der Waals surface area contributed by atoms with Crippen molar-refractivity contribution in [2.45, 2.75) is 19.3 Å². The number of amides is 1. The maximum absolute atomic E-state index is 13.1. The van der Waals surface area contributed by atoms with Gasteiger partial charge in [-0.25, -0.2) is 4.98 Å². The molecule has 0 fully saturated rings. The van der Waals surface area contributed by atoms with Crippen LogP contribution in [0.2, 0.25) is 5.02 Å². The fraction of sp³-hybridized carbons (Fsp3) is 0.222. The van der Waals surface area contributed by atoms with Crippen molar-refractivity contribution < 1.29 is 23.1 Å². The van der Waals surface area contributed by atoms with Crippen LogP contribution in [0.15, 0.2) is 36.5 Å². The molecule has 1 aliphatic rings. The summed E-state index contributed by atoms with van der Waals surface area (Å²) in [7, 11) is 0. The van der Waals surface area contributed by atoms with Crippen molar-refractivity contribution >= 4 is 17.5 Å². The van der Waals surface area contributed by atoms with E-state index < -0.39 is 22.7 Å². The van der Waals surface area contributed by atoms with Gasteiger partial charge in [0.2, 0.25) is 5.88 Å². The maximum Gasteiger partial charge on any atom is 0.417 e. The lowest BCUT2D eigenvalue weighted by Gasteiger charge is -2.28. The highest BCUT2D eigenvalue weighted by molar-refractivity contribution is 6.34. The van der Waals surface area contributed by atoms with Crippen LogP contribution in [0.5, 0.6) is 5.88 Å². The van der Waals surface area contributed by atoms with Crippen molar-refractivity contribution in [2.75, 3.05) is 6.54 Å². The van der Waals surface area contributed by atoms with Crippen LogP contribution in [0.3, 0.4) is 0 Å². The second kappa shape index (κ2) is 7.03. The zero-order valence-electron chi connectivity index (χ0n) is 14.7. The molecule has 29 heavy (non-hydrogen) atoms. The fourth-order valence-corrected chi connectivity index (χ4v) is 3.50. The summed E-state index contributed by atoms with van der Waals surface area (Å²) in [5.74, 6) is 0.0128. The first-order valence-corrected chi connectivity index (χ1v) is 8.86. The maximum atomic E-state index is 13.1. The third-order valence-corrected chi connectivity index (χ3v) is 5.01. The Bertz CT molecular complexity index is 1100. The number of halogens is 4. The molecular formula is C18H13ClF3N5O2. The summed E-state index contributed by atoms with van der Waals surface area (Å²) in [6, 6.07) is 6.53. The normalized spacial score (nSPS) is 14.0. The van der Waals surface area contributed by atoms with Crippen molar-refractivity contribution in [1.82, 2.24) is 24.6 Å². The lowest BCUT2D eigenvalue weighted by atomic mass is 10.1. The van der Waals surface area contributed by atoms with E-state index in [-0.39, 0.29) is 24.5 Å². The Morgan fingerprint density at radius 1 is 1.14 bits per heavy atom. The second-order valence-corrected chi connectivity index (χ2v) is 6.74. The van der Waals surface area contributed by atoms with Crippen LogP contribution in [0, 0.1) is 0 Å². The zero-order valence-corrected chi connectivity index (χ0v) is 15.4. The molecule has 1 N–H and O–H groups in total. The molecule has 0 spiro atoms. The highest BCUT2D eigenvalue weighted by Crippen LogP contribution is 2.37. The zero-order chi connectivity index (χ0) is 20.8. The van der Waals surface area contributed by atoms with Crippen molar-refractivity contribution in [3.8, 4) is 17.3 Å². The topological polar surface area (TPSA) is 84.1 Å². The third kappa shape index (κ3) is 3.39. The van der Waals surface area contributed by atoms with E-state index in [4.69, 9.17) is 11.6 Å². The van der Waals surface area contributed by atoms with E-state index in [0.29, 0.717) is 23.8 Å². The van der Waals surface area contributed by atoms with Crippen LogP contribution >= 0.6 is 11.6 Å². The van der Waals surface area contributed by atoms with Crippen LogP contribution in [0.25, 0.3) is 11.4 Å². The van der Waals surface area contributed by atoms with E-state index in [1.807, 2.05) is 0 Å². The van der Waals surface area contributed by atoms with E-state index in [1.54, 1.807) is 16.7 Å². The Hall–Kier alpha value is -3.14. The number of nitrogens with zero attached hydrogens (tertiary/aromatic N) is 5. The quantitative estimate of drug-likeness (QED) is 0.683. The lowest BCUT2D eigenvalue weighted by Crippen LogP contribution is -2.38. The smallest absolute Gasteiger partial charge is 0.417 e. The Balaban J connectivity index is 1.62. The molecular weight excluding hydrogens is 411 g/mol. The molecule has 0 bridgehead atoms. The number of carbonyl (C=O) groups is 1. The molecule has 0 radical (unpaired) electrons. The molecule has 3 heterocycles. The Kier molecular flexibility index (Phi) is 4.65. The standard InChI is InChI=1S/C18H13ClF3N5O2/c19-14-10(3-1-5-12(14)18(20,21)22)17(29)26-7-8-27-13(9-26)24-25-15(27)11-4-2-6-23-16(11)28/h1-6H,7-9H2,(H,23,28). The lowest BCUT2D eigenvalue weighted by molar-refractivity contribution is -0.137. The van der Waals surface area contributed by atoms with Crippen LogP contribution in [0.1, 0.15) is 21.7 Å². The van der Waals surface area contributed by atoms with Gasteiger partial charge in [0.25, 0.3) is 5.91 Å². The SMILES string of the molecule is O=C(c1cccc(C(F)(F)F)c1Cl)N1CCn2c(nnc2-c2cccnc2O)C1. The minimum atomic E-state index is -4.66. The molecule has 0 saturated heterocycles. The molecule has 1 aromatic carbocycles. The predicted molar refractivity (Wildman–Crippen MR) is 96.1 cm³/mol. The van der Waals surface area contributed by atoms with E-state index in [2.05, 4.69) is 15.2 Å². The summed E-state index contributed by atoms with van der Waals surface area (Å²) in [5, 5.41) is 17.4. The molecule has 7 nitrogen and oxygen atoms in total. The second-order valence-electron chi connectivity index (χ2n) is 6.36. The summed E-state index contributed by atoms with van der Waals surface area (Å²) in [5.41, 5.74) is -0.883. The fourth-order valence-electron chi connectivity index (χ4n) is 3.19. The van der Waals surface area contributed by atoms with Gasteiger partial charge in [-0.05, 0) is 24.3 Å². The van der Waals surface area contributed by atoms with Gasteiger partial charge in [0.1, 0.15) is 0 Å². The van der Waals surface area contributed by atoms with Gasteiger partial charge >= 0.3 is 6.18 Å². The van der Waals surface area contributed by atoms with Crippen LogP contribution in [-0.2, 0) is 19.3 Å². The largest absolute Gasteiger partial charge is 0.493 e. The highest BCUT2D eigenvalue weighted by atomic mass is 35.5. The van der Waals surface area contributed by atoms with Crippen molar-refractivity contribution in [2.24, 2.45) is 0 Å². The van der Waals surface area contributed by atoms with Gasteiger partial charge in [-0.2, -0.15) is 13.2 Å². The van der Waals surface area contributed by atoms with E-state index in [9.17, 15) is 23.1 Å². The molecule has 11 heteroatoms. The number of carbonyl (C=O) groups excluding carboxylic acids is 1. The number of aromatic hydroxyl groups is 1. The molecule has 0 saturated carbocycles. The van der Waals surface area contributed by atoms with Crippen molar-refractivity contribution in [3.05, 3.63) is 58.5 Å². The molecule has 3 aromatic rings. The number of alkyl halides is 3. The van der Waals surface area contributed by atoms with E-state index in [1.165, 1.54) is 17.2 Å². The summed E-state index contributed by atoms with van der Waals surface area (Å²) in [4.78, 5) is 18.0. The predicted octanol–water partition coefficient (Wildman–Crippen LogP) is 3.37. The molecule has 0 atom stereocenters. The summed E-state index contributed by atoms with van der Waals surface area (Å²) in [6.45, 7) is 0.554. The minimum Gasteiger partial charge on any atom is -0.493 e. The molecule has 0 unspecified atom stereocenters. The average Bonchev–Trinajstić information content (AvgIpc) is 3.10. The van der Waals surface area contributed by atoms with Crippen molar-refractivity contribution in [1.29, 1.82) is 0 Å². The Morgan fingerprint density at radius 2 is 1.93 bits per heavy atom. The van der Waals surface area contributed by atoms with E-state index in [0.717, 1.165) is 12.1 Å². The highest BCUT2D eigenvalue weighted by Gasteiger charge is 2.36. The van der Waals surface area contributed by atoms with Gasteiger partial charge in [-0.3, -0.25) is 4.79 Å². The number of benzene rings is 1. The first kappa shape index (κ1) is 19.2. The minimum absolute atomic E-state index is 0.0411. The number of pyridine rings is 1.